The standard InChI is InChI=1S/C28H24N2O4S/c1-16-7-3-4-8-18(16)15-30-25(21-13-17-11-12-19(33-2)14-22(17)34-28(21)32)29-26-24(27(30)31)20-9-5-6-10-23(20)35-26/h3-4,7-8,11-14H,5-6,9-10,15H2,1-2H3. The third-order valence-electron chi connectivity index (χ3n) is 6.85. The number of hydrogen-bond donors (Lipinski definition) is 0. The van der Waals surface area contributed by atoms with Gasteiger partial charge >= 0.3 is 5.63 Å². The number of aryl methyl sites for hydroxylation is 3. The van der Waals surface area contributed by atoms with Crippen molar-refractivity contribution in [2.75, 3.05) is 7.11 Å². The van der Waals surface area contributed by atoms with E-state index in [2.05, 4.69) is 0 Å². The van der Waals surface area contributed by atoms with E-state index in [9.17, 15) is 9.59 Å². The van der Waals surface area contributed by atoms with Crippen LogP contribution in [-0.4, -0.2) is 16.7 Å². The fraction of sp³-hybridized carbons (Fsp3) is 0.250. The molecule has 7 heteroatoms. The van der Waals surface area contributed by atoms with Gasteiger partial charge < -0.3 is 9.15 Å². The topological polar surface area (TPSA) is 74.3 Å². The monoisotopic (exact) mass is 484 g/mol. The lowest BCUT2D eigenvalue weighted by Gasteiger charge is -2.15. The van der Waals surface area contributed by atoms with Crippen LogP contribution in [0.5, 0.6) is 5.75 Å². The molecule has 0 spiro atoms. The second kappa shape index (κ2) is 8.50. The van der Waals surface area contributed by atoms with Crippen LogP contribution in [0.15, 0.2) is 62.5 Å². The SMILES string of the molecule is COc1ccc2cc(-c3nc4sc5c(c4c(=O)n3Cc3ccccc3C)CCCC5)c(=O)oc2c1. The van der Waals surface area contributed by atoms with Gasteiger partial charge in [-0.05, 0) is 67.5 Å². The zero-order valence-corrected chi connectivity index (χ0v) is 20.4. The van der Waals surface area contributed by atoms with E-state index in [-0.39, 0.29) is 11.1 Å². The Bertz CT molecular complexity index is 1730. The number of aromatic nitrogens is 2. The predicted molar refractivity (Wildman–Crippen MR) is 139 cm³/mol. The van der Waals surface area contributed by atoms with Crippen LogP contribution in [0, 0.1) is 6.92 Å². The Morgan fingerprint density at radius 2 is 1.91 bits per heavy atom. The average Bonchev–Trinajstić information content (AvgIpc) is 3.24. The minimum absolute atomic E-state index is 0.0955. The second-order valence-corrected chi connectivity index (χ2v) is 10.1. The van der Waals surface area contributed by atoms with E-state index < -0.39 is 5.63 Å². The molecule has 0 aliphatic heterocycles. The zero-order chi connectivity index (χ0) is 24.1. The van der Waals surface area contributed by atoms with E-state index >= 15 is 0 Å². The van der Waals surface area contributed by atoms with Crippen molar-refractivity contribution in [3.63, 3.8) is 0 Å². The van der Waals surface area contributed by atoms with Crippen molar-refractivity contribution >= 4 is 32.5 Å². The first kappa shape index (κ1) is 21.8. The Hall–Kier alpha value is -3.71. The Balaban J connectivity index is 1.64. The Morgan fingerprint density at radius 1 is 1.09 bits per heavy atom. The molecular formula is C28H24N2O4S. The highest BCUT2D eigenvalue weighted by Gasteiger charge is 2.24. The third kappa shape index (κ3) is 3.67. The maximum absolute atomic E-state index is 14.0. The summed E-state index contributed by atoms with van der Waals surface area (Å²) in [6.07, 6.45) is 4.08. The molecule has 3 aromatic heterocycles. The van der Waals surface area contributed by atoms with E-state index in [1.54, 1.807) is 35.1 Å². The smallest absolute Gasteiger partial charge is 0.347 e. The molecule has 0 N–H and O–H groups in total. The summed E-state index contributed by atoms with van der Waals surface area (Å²) in [7, 11) is 1.57. The fourth-order valence-electron chi connectivity index (χ4n) is 4.92. The lowest BCUT2D eigenvalue weighted by Crippen LogP contribution is -2.26. The quantitative estimate of drug-likeness (QED) is 0.316. The summed E-state index contributed by atoms with van der Waals surface area (Å²) in [6, 6.07) is 15.1. The number of ether oxygens (including phenoxy) is 1. The van der Waals surface area contributed by atoms with Gasteiger partial charge in [0.25, 0.3) is 5.56 Å². The van der Waals surface area contributed by atoms with Crippen LogP contribution in [0.3, 0.4) is 0 Å². The van der Waals surface area contributed by atoms with Crippen LogP contribution in [0.25, 0.3) is 32.6 Å². The summed E-state index contributed by atoms with van der Waals surface area (Å²) in [4.78, 5) is 34.1. The van der Waals surface area contributed by atoms with E-state index in [4.69, 9.17) is 14.1 Å². The van der Waals surface area contributed by atoms with Gasteiger partial charge in [0, 0.05) is 16.3 Å². The van der Waals surface area contributed by atoms with Crippen molar-refractivity contribution < 1.29 is 9.15 Å². The number of thiophene rings is 1. The lowest BCUT2D eigenvalue weighted by atomic mass is 9.97. The van der Waals surface area contributed by atoms with Gasteiger partial charge in [0.2, 0.25) is 0 Å². The normalized spacial score (nSPS) is 13.3. The van der Waals surface area contributed by atoms with Crippen molar-refractivity contribution in [2.45, 2.75) is 39.2 Å². The fourth-order valence-corrected chi connectivity index (χ4v) is 6.17. The molecule has 0 unspecified atom stereocenters. The van der Waals surface area contributed by atoms with Gasteiger partial charge in [-0.3, -0.25) is 9.36 Å². The molecule has 6 nitrogen and oxygen atoms in total. The number of hydrogen-bond acceptors (Lipinski definition) is 6. The summed E-state index contributed by atoms with van der Waals surface area (Å²) < 4.78 is 12.6. The molecule has 2 aromatic carbocycles. The second-order valence-electron chi connectivity index (χ2n) is 9.00. The van der Waals surface area contributed by atoms with Crippen molar-refractivity contribution in [3.8, 4) is 17.1 Å². The van der Waals surface area contributed by atoms with Gasteiger partial charge in [-0.1, -0.05) is 24.3 Å². The zero-order valence-electron chi connectivity index (χ0n) is 19.6. The highest BCUT2D eigenvalue weighted by Crippen LogP contribution is 2.35. The number of rotatable bonds is 4. The number of fused-ring (bicyclic) bond motifs is 4. The first-order valence-electron chi connectivity index (χ1n) is 11.8. The van der Waals surface area contributed by atoms with Crippen LogP contribution in [0.2, 0.25) is 0 Å². The average molecular weight is 485 g/mol. The molecular weight excluding hydrogens is 460 g/mol. The summed E-state index contributed by atoms with van der Waals surface area (Å²) in [5.74, 6) is 0.949. The first-order valence-corrected chi connectivity index (χ1v) is 12.6. The van der Waals surface area contributed by atoms with Crippen molar-refractivity contribution in [1.82, 2.24) is 9.55 Å². The van der Waals surface area contributed by atoms with Crippen LogP contribution in [-0.2, 0) is 19.4 Å². The van der Waals surface area contributed by atoms with E-state index in [0.29, 0.717) is 33.9 Å². The molecule has 1 aliphatic rings. The largest absolute Gasteiger partial charge is 0.497 e. The third-order valence-corrected chi connectivity index (χ3v) is 8.03. The number of nitrogens with zero attached hydrogens (tertiary/aromatic N) is 2. The Morgan fingerprint density at radius 3 is 2.74 bits per heavy atom. The lowest BCUT2D eigenvalue weighted by molar-refractivity contribution is 0.414. The van der Waals surface area contributed by atoms with Crippen LogP contribution >= 0.6 is 11.3 Å². The molecule has 1 aliphatic carbocycles. The highest BCUT2D eigenvalue weighted by atomic mass is 32.1. The number of benzene rings is 2. The van der Waals surface area contributed by atoms with Crippen LogP contribution in [0.4, 0.5) is 0 Å². The number of methoxy groups -OCH3 is 1. The molecule has 176 valence electrons. The van der Waals surface area contributed by atoms with Gasteiger partial charge in [-0.15, -0.1) is 11.3 Å². The molecule has 6 rings (SSSR count). The molecule has 35 heavy (non-hydrogen) atoms. The maximum Gasteiger partial charge on any atom is 0.347 e. The molecule has 0 amide bonds. The Kier molecular flexibility index (Phi) is 5.29. The summed E-state index contributed by atoms with van der Waals surface area (Å²) in [6.45, 7) is 2.35. The summed E-state index contributed by atoms with van der Waals surface area (Å²) in [5.41, 5.74) is 3.31. The molecule has 0 saturated heterocycles. The maximum atomic E-state index is 14.0. The van der Waals surface area contributed by atoms with E-state index in [0.717, 1.165) is 47.8 Å². The molecule has 0 saturated carbocycles. The van der Waals surface area contributed by atoms with Crippen molar-refractivity contribution in [2.24, 2.45) is 0 Å². The van der Waals surface area contributed by atoms with Gasteiger partial charge in [-0.25, -0.2) is 9.78 Å². The molecule has 0 fully saturated rings. The summed E-state index contributed by atoms with van der Waals surface area (Å²) in [5, 5.41) is 1.44. The van der Waals surface area contributed by atoms with Crippen molar-refractivity contribution in [1.29, 1.82) is 0 Å². The van der Waals surface area contributed by atoms with Gasteiger partial charge in [0.1, 0.15) is 21.7 Å². The minimum atomic E-state index is -0.531. The van der Waals surface area contributed by atoms with Gasteiger partial charge in [0.15, 0.2) is 5.82 Å². The van der Waals surface area contributed by atoms with Gasteiger partial charge in [0.05, 0.1) is 19.0 Å². The van der Waals surface area contributed by atoms with E-state index in [1.165, 1.54) is 4.88 Å². The van der Waals surface area contributed by atoms with Crippen LogP contribution in [0.1, 0.15) is 34.4 Å². The van der Waals surface area contributed by atoms with Crippen molar-refractivity contribution in [3.05, 3.63) is 90.9 Å². The minimum Gasteiger partial charge on any atom is -0.497 e. The molecule has 0 radical (unpaired) electrons. The first-order chi connectivity index (χ1) is 17.0. The predicted octanol–water partition coefficient (Wildman–Crippen LogP) is 5.48. The molecule has 5 aromatic rings. The van der Waals surface area contributed by atoms with E-state index in [1.807, 2.05) is 43.3 Å². The molecule has 0 atom stereocenters. The molecule has 0 bridgehead atoms. The summed E-state index contributed by atoms with van der Waals surface area (Å²) >= 11 is 1.58. The van der Waals surface area contributed by atoms with Gasteiger partial charge in [-0.2, -0.15) is 0 Å². The van der Waals surface area contributed by atoms with Crippen LogP contribution < -0.4 is 15.9 Å². The Labute approximate surface area is 205 Å². The molecule has 3 heterocycles. The highest BCUT2D eigenvalue weighted by molar-refractivity contribution is 7.18.